The lowest BCUT2D eigenvalue weighted by atomic mass is 9.67. The summed E-state index contributed by atoms with van der Waals surface area (Å²) in [6, 6.07) is 5.48. The summed E-state index contributed by atoms with van der Waals surface area (Å²) >= 11 is 6.51. The topological polar surface area (TPSA) is 78.4 Å². The third-order valence-electron chi connectivity index (χ3n) is 7.17. The third-order valence-corrected chi connectivity index (χ3v) is 7.47. The van der Waals surface area contributed by atoms with Crippen LogP contribution in [0.25, 0.3) is 22.6 Å². The van der Waals surface area contributed by atoms with E-state index in [4.69, 9.17) is 11.6 Å². The maximum absolute atomic E-state index is 14.0. The zero-order valence-corrected chi connectivity index (χ0v) is 19.8. The van der Waals surface area contributed by atoms with E-state index < -0.39 is 11.6 Å². The van der Waals surface area contributed by atoms with Crippen molar-refractivity contribution >= 4 is 23.2 Å². The van der Waals surface area contributed by atoms with Gasteiger partial charge in [-0.05, 0) is 31.9 Å². The molecular weight excluding hydrogens is 481 g/mol. The number of hydrogen-bond acceptors (Lipinski definition) is 5. The molecule has 0 radical (unpaired) electrons. The number of hydrogen-bond donors (Lipinski definition) is 1. The molecule has 1 atom stereocenters. The first-order valence-electron chi connectivity index (χ1n) is 11.3. The van der Waals surface area contributed by atoms with Crippen molar-refractivity contribution in [2.75, 3.05) is 5.32 Å². The van der Waals surface area contributed by atoms with Crippen LogP contribution in [0.1, 0.15) is 38.1 Å². The molecule has 4 aromatic heterocycles. The highest BCUT2D eigenvalue weighted by molar-refractivity contribution is 6.33. The van der Waals surface area contributed by atoms with Gasteiger partial charge in [0.2, 0.25) is 0 Å². The quantitative estimate of drug-likeness (QED) is 0.399. The lowest BCUT2D eigenvalue weighted by Gasteiger charge is -2.42. The molecule has 12 heteroatoms. The number of nitrogens with zero attached hydrogens (tertiary/aromatic N) is 7. The third kappa shape index (κ3) is 3.28. The molecule has 0 bridgehead atoms. The van der Waals surface area contributed by atoms with Crippen LogP contribution < -0.4 is 5.32 Å². The van der Waals surface area contributed by atoms with Gasteiger partial charge in [-0.2, -0.15) is 18.3 Å². The van der Waals surface area contributed by atoms with Crippen LogP contribution in [-0.2, 0) is 19.0 Å². The summed E-state index contributed by atoms with van der Waals surface area (Å²) in [7, 11) is 1.82. The number of alkyl halides is 3. The van der Waals surface area contributed by atoms with E-state index in [-0.39, 0.29) is 24.7 Å². The standard InChI is InChI=1S/C23H22ClF3N8/c1-13-11-35-20(31-32-21(35)22(5-3-6-22)23(25,26)27)17-8-14(12-34(13)17)15-9-18(28-10-16(15)24)30-19-4-7-29-33(19)2/h4,7-10,12-13H,3,5-6,11H2,1-2H3,(H,28,30)/t13-/m0/s1. The normalized spacial score (nSPS) is 18.6. The molecule has 8 nitrogen and oxygen atoms in total. The van der Waals surface area contributed by atoms with Gasteiger partial charge in [-0.15, -0.1) is 10.2 Å². The molecule has 0 spiro atoms. The number of aryl methyl sites for hydroxylation is 1. The summed E-state index contributed by atoms with van der Waals surface area (Å²) in [6.45, 7) is 2.35. The van der Waals surface area contributed by atoms with Gasteiger partial charge >= 0.3 is 6.18 Å². The molecule has 1 N–H and O–H groups in total. The lowest BCUT2D eigenvalue weighted by molar-refractivity contribution is -0.216. The van der Waals surface area contributed by atoms with Crippen molar-refractivity contribution in [1.82, 2.24) is 34.1 Å². The average molecular weight is 503 g/mol. The minimum absolute atomic E-state index is 0.0247. The summed E-state index contributed by atoms with van der Waals surface area (Å²) in [6.07, 6.45) is 1.48. The fourth-order valence-electron chi connectivity index (χ4n) is 5.06. The monoisotopic (exact) mass is 502 g/mol. The van der Waals surface area contributed by atoms with E-state index in [1.807, 2.05) is 42.9 Å². The molecule has 0 unspecified atom stereocenters. The molecule has 4 aromatic rings. The van der Waals surface area contributed by atoms with Gasteiger partial charge in [0.15, 0.2) is 5.82 Å². The molecule has 35 heavy (non-hydrogen) atoms. The number of pyridine rings is 1. The van der Waals surface area contributed by atoms with Crippen molar-refractivity contribution in [3.05, 3.63) is 47.6 Å². The summed E-state index contributed by atoms with van der Waals surface area (Å²) in [5.74, 6) is 1.83. The summed E-state index contributed by atoms with van der Waals surface area (Å²) in [5.41, 5.74) is 0.371. The minimum Gasteiger partial charge on any atom is -0.340 e. The van der Waals surface area contributed by atoms with E-state index in [2.05, 4.69) is 25.6 Å². The molecule has 0 amide bonds. The highest BCUT2D eigenvalue weighted by Gasteiger charge is 2.62. The van der Waals surface area contributed by atoms with E-state index in [0.717, 1.165) is 16.9 Å². The second-order valence-corrected chi connectivity index (χ2v) is 9.68. The van der Waals surface area contributed by atoms with Gasteiger partial charge in [0, 0.05) is 49.2 Å². The molecule has 1 aliphatic heterocycles. The molecule has 182 valence electrons. The Morgan fingerprint density at radius 3 is 2.66 bits per heavy atom. The predicted molar refractivity (Wildman–Crippen MR) is 124 cm³/mol. The van der Waals surface area contributed by atoms with Crippen molar-refractivity contribution in [3.63, 3.8) is 0 Å². The van der Waals surface area contributed by atoms with Gasteiger partial charge in [0.1, 0.15) is 22.9 Å². The van der Waals surface area contributed by atoms with E-state index in [9.17, 15) is 13.2 Å². The average Bonchev–Trinajstić information content (AvgIpc) is 3.47. The van der Waals surface area contributed by atoms with Crippen LogP contribution in [0.15, 0.2) is 36.8 Å². The fourth-order valence-corrected chi connectivity index (χ4v) is 5.27. The minimum atomic E-state index is -4.36. The first-order valence-corrected chi connectivity index (χ1v) is 11.7. The van der Waals surface area contributed by atoms with E-state index >= 15 is 0 Å². The van der Waals surface area contributed by atoms with E-state index in [1.54, 1.807) is 21.6 Å². The SMILES string of the molecule is C[C@H]1Cn2c(nnc2C2(C(F)(F)F)CCC2)-c2cc(-c3cc(Nc4ccnn4C)ncc3Cl)cn21. The van der Waals surface area contributed by atoms with Gasteiger partial charge in [-0.3, -0.25) is 4.68 Å². The summed E-state index contributed by atoms with van der Waals surface area (Å²) in [4.78, 5) is 4.36. The molecule has 0 aromatic carbocycles. The molecule has 1 saturated carbocycles. The fraction of sp³-hybridized carbons (Fsp3) is 0.391. The zero-order chi connectivity index (χ0) is 24.5. The Morgan fingerprint density at radius 2 is 2.00 bits per heavy atom. The second-order valence-electron chi connectivity index (χ2n) is 9.28. The molecule has 5 heterocycles. The van der Waals surface area contributed by atoms with Gasteiger partial charge in [0.25, 0.3) is 0 Å². The highest BCUT2D eigenvalue weighted by Crippen LogP contribution is 2.55. The van der Waals surface area contributed by atoms with Gasteiger partial charge < -0.3 is 14.5 Å². The van der Waals surface area contributed by atoms with Gasteiger partial charge in [0.05, 0.1) is 16.9 Å². The maximum Gasteiger partial charge on any atom is 0.401 e. The van der Waals surface area contributed by atoms with Gasteiger partial charge in [-0.1, -0.05) is 18.0 Å². The van der Waals surface area contributed by atoms with Crippen LogP contribution in [0.3, 0.4) is 0 Å². The summed E-state index contributed by atoms with van der Waals surface area (Å²) < 4.78 is 47.5. The Kier molecular flexibility index (Phi) is 4.79. The van der Waals surface area contributed by atoms with Crippen molar-refractivity contribution in [1.29, 1.82) is 0 Å². The van der Waals surface area contributed by atoms with Crippen LogP contribution in [0.2, 0.25) is 5.02 Å². The molecular formula is C23H22ClF3N8. The van der Waals surface area contributed by atoms with Crippen LogP contribution in [0.4, 0.5) is 24.8 Å². The Labute approximate surface area is 203 Å². The number of aromatic nitrogens is 7. The van der Waals surface area contributed by atoms with Crippen LogP contribution in [0.5, 0.6) is 0 Å². The highest BCUT2D eigenvalue weighted by atomic mass is 35.5. The largest absolute Gasteiger partial charge is 0.401 e. The number of nitrogens with one attached hydrogen (secondary N) is 1. The molecule has 0 saturated heterocycles. The number of anilines is 2. The van der Waals surface area contributed by atoms with Crippen LogP contribution in [0, 0.1) is 0 Å². The number of rotatable bonds is 4. The van der Waals surface area contributed by atoms with Crippen LogP contribution in [-0.4, -0.2) is 40.3 Å². The van der Waals surface area contributed by atoms with Crippen LogP contribution >= 0.6 is 11.6 Å². The van der Waals surface area contributed by atoms with Crippen molar-refractivity contribution in [3.8, 4) is 22.6 Å². The number of halogens is 4. The molecule has 2 aliphatic rings. The number of fused-ring (bicyclic) bond motifs is 3. The molecule has 1 aliphatic carbocycles. The Balaban J connectivity index is 1.41. The Bertz CT molecular complexity index is 1430. The Morgan fingerprint density at radius 1 is 1.20 bits per heavy atom. The first kappa shape index (κ1) is 22.1. The Hall–Kier alpha value is -3.34. The van der Waals surface area contributed by atoms with Crippen molar-refractivity contribution < 1.29 is 13.2 Å². The van der Waals surface area contributed by atoms with Gasteiger partial charge in [-0.25, -0.2) is 4.98 Å². The first-order chi connectivity index (χ1) is 16.7. The second kappa shape index (κ2) is 7.58. The van der Waals surface area contributed by atoms with E-state index in [0.29, 0.717) is 35.3 Å². The van der Waals surface area contributed by atoms with E-state index in [1.165, 1.54) is 0 Å². The zero-order valence-electron chi connectivity index (χ0n) is 19.0. The summed E-state index contributed by atoms with van der Waals surface area (Å²) in [5, 5.41) is 16.1. The maximum atomic E-state index is 14.0. The van der Waals surface area contributed by atoms with Crippen molar-refractivity contribution in [2.24, 2.45) is 7.05 Å². The molecule has 6 rings (SSSR count). The smallest absolute Gasteiger partial charge is 0.340 e. The van der Waals surface area contributed by atoms with Crippen molar-refractivity contribution in [2.45, 2.75) is 50.4 Å². The lowest BCUT2D eigenvalue weighted by Crippen LogP contribution is -2.50. The molecule has 1 fully saturated rings. The predicted octanol–water partition coefficient (Wildman–Crippen LogP) is 5.50.